The lowest BCUT2D eigenvalue weighted by molar-refractivity contribution is 0.0969. The van der Waals surface area contributed by atoms with Gasteiger partial charge in [-0.3, -0.25) is 10.3 Å². The van der Waals surface area contributed by atoms with Gasteiger partial charge in [0.05, 0.1) is 0 Å². The molecule has 92 valence electrons. The molecule has 0 atom stereocenters. The molecule has 1 heterocycles. The molecule has 0 unspecified atom stereocenters. The van der Waals surface area contributed by atoms with Gasteiger partial charge in [-0.15, -0.1) is 0 Å². The van der Waals surface area contributed by atoms with Crippen LogP contribution in [0, 0.1) is 5.41 Å². The first-order chi connectivity index (χ1) is 7.59. The summed E-state index contributed by atoms with van der Waals surface area (Å²) in [4.78, 5) is 4.68. The fourth-order valence-corrected chi connectivity index (χ4v) is 2.92. The maximum atomic E-state index is 7.43. The van der Waals surface area contributed by atoms with Crippen LogP contribution in [-0.2, 0) is 0 Å². The molecule has 16 heavy (non-hydrogen) atoms. The van der Waals surface area contributed by atoms with E-state index in [9.17, 15) is 0 Å². The van der Waals surface area contributed by atoms with Crippen LogP contribution in [0.1, 0.15) is 39.5 Å². The Morgan fingerprint density at radius 3 is 2.06 bits per heavy atom. The minimum atomic E-state index is 0.237. The summed E-state index contributed by atoms with van der Waals surface area (Å²) < 4.78 is 0. The summed E-state index contributed by atoms with van der Waals surface area (Å²) in [5, 5.41) is 7.43. The normalized spacial score (nSPS) is 23.1. The number of hydrogen-bond acceptors (Lipinski definition) is 2. The van der Waals surface area contributed by atoms with E-state index < -0.39 is 0 Å². The Labute approximate surface area is 98.3 Å². The van der Waals surface area contributed by atoms with Crippen molar-refractivity contribution in [1.29, 1.82) is 5.41 Å². The predicted octanol–water partition coefficient (Wildman–Crippen LogP) is 1.22. The molecule has 0 spiro atoms. The van der Waals surface area contributed by atoms with E-state index in [-0.39, 0.29) is 5.96 Å². The van der Waals surface area contributed by atoms with E-state index in [2.05, 4.69) is 18.7 Å². The highest BCUT2D eigenvalue weighted by atomic mass is 15.3. The van der Waals surface area contributed by atoms with Crippen molar-refractivity contribution < 1.29 is 0 Å². The second-order valence-corrected chi connectivity index (χ2v) is 5.38. The quantitative estimate of drug-likeness (QED) is 0.560. The van der Waals surface area contributed by atoms with Crippen molar-refractivity contribution >= 4 is 5.96 Å². The van der Waals surface area contributed by atoms with E-state index in [0.29, 0.717) is 12.1 Å². The lowest BCUT2D eigenvalue weighted by atomic mass is 10.0. The van der Waals surface area contributed by atoms with Gasteiger partial charge in [-0.05, 0) is 39.5 Å². The van der Waals surface area contributed by atoms with Crippen LogP contribution in [0.5, 0.6) is 0 Å². The van der Waals surface area contributed by atoms with E-state index in [1.54, 1.807) is 0 Å². The van der Waals surface area contributed by atoms with Crippen LogP contribution in [-0.4, -0.2) is 47.0 Å². The van der Waals surface area contributed by atoms with Gasteiger partial charge in [0.1, 0.15) is 0 Å². The van der Waals surface area contributed by atoms with E-state index >= 15 is 0 Å². The van der Waals surface area contributed by atoms with Crippen LogP contribution in [0.4, 0.5) is 0 Å². The van der Waals surface area contributed by atoms with Gasteiger partial charge in [-0.2, -0.15) is 0 Å². The minimum absolute atomic E-state index is 0.237. The molecule has 2 aliphatic rings. The molecular weight excluding hydrogens is 200 g/mol. The first kappa shape index (κ1) is 11.7. The van der Waals surface area contributed by atoms with Gasteiger partial charge in [0, 0.05) is 31.2 Å². The van der Waals surface area contributed by atoms with Gasteiger partial charge in [0.15, 0.2) is 5.96 Å². The number of piperidine rings is 1. The van der Waals surface area contributed by atoms with Crippen molar-refractivity contribution in [1.82, 2.24) is 9.80 Å². The third-order valence-electron chi connectivity index (χ3n) is 3.79. The zero-order valence-corrected chi connectivity index (χ0v) is 10.4. The largest absolute Gasteiger partial charge is 0.370 e. The van der Waals surface area contributed by atoms with Gasteiger partial charge in [0.25, 0.3) is 0 Å². The maximum Gasteiger partial charge on any atom is 0.188 e. The molecule has 3 N–H and O–H groups in total. The lowest BCUT2D eigenvalue weighted by Gasteiger charge is -2.41. The number of nitrogens with zero attached hydrogens (tertiary/aromatic N) is 2. The van der Waals surface area contributed by atoms with Crippen molar-refractivity contribution in [3.05, 3.63) is 0 Å². The molecule has 4 heteroatoms. The standard InChI is InChI=1S/C12H24N4/c1-9(2)16(10-3-4-10)11-5-7-15(8-6-11)12(13)14/h9-11H,3-8H2,1-2H3,(H3,13,14). The second kappa shape index (κ2) is 4.62. The third kappa shape index (κ3) is 2.48. The first-order valence-electron chi connectivity index (χ1n) is 6.46. The van der Waals surface area contributed by atoms with Gasteiger partial charge in [0.2, 0.25) is 0 Å². The average molecular weight is 224 g/mol. The first-order valence-corrected chi connectivity index (χ1v) is 6.46. The Hall–Kier alpha value is -0.770. The van der Waals surface area contributed by atoms with E-state index in [1.807, 2.05) is 4.90 Å². The molecule has 1 saturated heterocycles. The second-order valence-electron chi connectivity index (χ2n) is 5.38. The monoisotopic (exact) mass is 224 g/mol. The Morgan fingerprint density at radius 2 is 1.69 bits per heavy atom. The van der Waals surface area contributed by atoms with Crippen LogP contribution in [0.2, 0.25) is 0 Å². The molecular formula is C12H24N4. The number of likely N-dealkylation sites (tertiary alicyclic amines) is 1. The molecule has 1 aliphatic carbocycles. The summed E-state index contributed by atoms with van der Waals surface area (Å²) in [5.74, 6) is 0.237. The van der Waals surface area contributed by atoms with E-state index in [1.165, 1.54) is 12.8 Å². The molecule has 0 aromatic carbocycles. The zero-order chi connectivity index (χ0) is 11.7. The van der Waals surface area contributed by atoms with Gasteiger partial charge in [-0.25, -0.2) is 0 Å². The molecule has 0 bridgehead atoms. The smallest absolute Gasteiger partial charge is 0.188 e. The molecule has 0 aromatic rings. The molecule has 0 radical (unpaired) electrons. The van der Waals surface area contributed by atoms with Crippen LogP contribution in [0.15, 0.2) is 0 Å². The van der Waals surface area contributed by atoms with Crippen molar-refractivity contribution in [3.8, 4) is 0 Å². The highest BCUT2D eigenvalue weighted by Gasteiger charge is 2.36. The topological polar surface area (TPSA) is 56.4 Å². The average Bonchev–Trinajstić information content (AvgIpc) is 3.02. The fourth-order valence-electron chi connectivity index (χ4n) is 2.92. The molecule has 2 fully saturated rings. The number of hydrogen-bond donors (Lipinski definition) is 2. The third-order valence-corrected chi connectivity index (χ3v) is 3.79. The summed E-state index contributed by atoms with van der Waals surface area (Å²) in [6.07, 6.45) is 5.08. The molecule has 1 saturated carbocycles. The molecule has 1 aliphatic heterocycles. The van der Waals surface area contributed by atoms with Crippen molar-refractivity contribution in [2.75, 3.05) is 13.1 Å². The number of nitrogens with one attached hydrogen (secondary N) is 1. The molecule has 4 nitrogen and oxygen atoms in total. The number of rotatable bonds is 3. The fraction of sp³-hybridized carbons (Fsp3) is 0.917. The number of guanidine groups is 1. The summed E-state index contributed by atoms with van der Waals surface area (Å²) in [6.45, 7) is 6.51. The van der Waals surface area contributed by atoms with E-state index in [4.69, 9.17) is 11.1 Å². The maximum absolute atomic E-state index is 7.43. The highest BCUT2D eigenvalue weighted by molar-refractivity contribution is 5.74. The number of nitrogens with two attached hydrogens (primary N) is 1. The SMILES string of the molecule is CC(C)N(C1CC1)C1CCN(C(=N)N)CC1. The van der Waals surface area contributed by atoms with Crippen molar-refractivity contribution in [2.24, 2.45) is 5.73 Å². The Morgan fingerprint density at radius 1 is 1.19 bits per heavy atom. The van der Waals surface area contributed by atoms with Crippen molar-refractivity contribution in [3.63, 3.8) is 0 Å². The Bertz CT molecular complexity index is 250. The van der Waals surface area contributed by atoms with Gasteiger partial charge in [-0.1, -0.05) is 0 Å². The van der Waals surface area contributed by atoms with Crippen molar-refractivity contribution in [2.45, 2.75) is 57.7 Å². The van der Waals surface area contributed by atoms with E-state index in [0.717, 1.165) is 32.0 Å². The minimum Gasteiger partial charge on any atom is -0.370 e. The van der Waals surface area contributed by atoms with Crippen LogP contribution in [0.25, 0.3) is 0 Å². The van der Waals surface area contributed by atoms with Crippen LogP contribution in [0.3, 0.4) is 0 Å². The highest BCUT2D eigenvalue weighted by Crippen LogP contribution is 2.33. The van der Waals surface area contributed by atoms with Crippen LogP contribution < -0.4 is 5.73 Å². The lowest BCUT2D eigenvalue weighted by Crippen LogP contribution is -2.51. The zero-order valence-electron chi connectivity index (χ0n) is 10.4. The molecule has 0 aromatic heterocycles. The summed E-state index contributed by atoms with van der Waals surface area (Å²) in [6, 6.07) is 2.21. The Kier molecular flexibility index (Phi) is 3.38. The molecule has 0 amide bonds. The van der Waals surface area contributed by atoms with Gasteiger partial charge < -0.3 is 10.6 Å². The predicted molar refractivity (Wildman–Crippen MR) is 66.5 cm³/mol. The van der Waals surface area contributed by atoms with Crippen LogP contribution >= 0.6 is 0 Å². The molecule has 2 rings (SSSR count). The summed E-state index contributed by atoms with van der Waals surface area (Å²) >= 11 is 0. The van der Waals surface area contributed by atoms with Gasteiger partial charge >= 0.3 is 0 Å². The summed E-state index contributed by atoms with van der Waals surface area (Å²) in [5.41, 5.74) is 5.52. The Balaban J connectivity index is 1.89. The summed E-state index contributed by atoms with van der Waals surface area (Å²) in [7, 11) is 0.